The summed E-state index contributed by atoms with van der Waals surface area (Å²) in [7, 11) is 1.00. The van der Waals surface area contributed by atoms with Gasteiger partial charge in [-0.2, -0.15) is 0 Å². The van der Waals surface area contributed by atoms with Gasteiger partial charge in [0.25, 0.3) is 0 Å². The first kappa shape index (κ1) is 15.6. The number of rotatable bonds is 8. The van der Waals surface area contributed by atoms with Crippen molar-refractivity contribution in [3.63, 3.8) is 0 Å². The molecule has 2 N–H and O–H groups in total. The van der Waals surface area contributed by atoms with E-state index in [0.29, 0.717) is 33.0 Å². The van der Waals surface area contributed by atoms with Gasteiger partial charge in [0.05, 0.1) is 39.6 Å². The SMILES string of the molecule is CO.OCCOCCOCCOS. The fourth-order valence-electron chi connectivity index (χ4n) is 0.483. The van der Waals surface area contributed by atoms with Crippen LogP contribution in [0.2, 0.25) is 0 Å². The van der Waals surface area contributed by atoms with Crippen molar-refractivity contribution >= 4 is 12.9 Å². The molecule has 0 rings (SSSR count). The van der Waals surface area contributed by atoms with Gasteiger partial charge in [-0.3, -0.25) is 0 Å². The number of ether oxygens (including phenoxy) is 2. The molecule has 0 radical (unpaired) electrons. The van der Waals surface area contributed by atoms with Crippen molar-refractivity contribution in [1.82, 2.24) is 0 Å². The molecule has 0 aliphatic carbocycles. The third-order valence-corrected chi connectivity index (χ3v) is 1.11. The second-order valence-corrected chi connectivity index (χ2v) is 2.04. The van der Waals surface area contributed by atoms with Gasteiger partial charge in [-0.25, -0.2) is 0 Å². The summed E-state index contributed by atoms with van der Waals surface area (Å²) < 4.78 is 14.4. The van der Waals surface area contributed by atoms with Gasteiger partial charge in [-0.1, -0.05) is 0 Å². The molecule has 82 valence electrons. The van der Waals surface area contributed by atoms with Crippen molar-refractivity contribution < 1.29 is 23.9 Å². The standard InChI is InChI=1S/C6H14O4S.CH4O/c7-1-2-8-3-4-9-5-6-10-11;1-2/h7,11H,1-6H2;2H,1H3. The Morgan fingerprint density at radius 1 is 0.923 bits per heavy atom. The maximum Gasteiger partial charge on any atom is 0.0844 e. The Morgan fingerprint density at radius 2 is 1.38 bits per heavy atom. The lowest BCUT2D eigenvalue weighted by Crippen LogP contribution is -2.09. The highest BCUT2D eigenvalue weighted by Gasteiger charge is 1.88. The minimum atomic E-state index is 0.0553. The lowest BCUT2D eigenvalue weighted by Gasteiger charge is -2.02. The van der Waals surface area contributed by atoms with E-state index in [-0.39, 0.29) is 6.61 Å². The molecule has 0 amide bonds. The maximum atomic E-state index is 8.31. The van der Waals surface area contributed by atoms with Crippen molar-refractivity contribution in [3.8, 4) is 0 Å². The van der Waals surface area contributed by atoms with Crippen LogP contribution < -0.4 is 0 Å². The van der Waals surface area contributed by atoms with Gasteiger partial charge in [0, 0.05) is 7.11 Å². The van der Waals surface area contributed by atoms with Gasteiger partial charge in [0.2, 0.25) is 0 Å². The molecule has 0 bridgehead atoms. The van der Waals surface area contributed by atoms with Gasteiger partial charge in [-0.05, 0) is 12.9 Å². The number of hydrogen-bond donors (Lipinski definition) is 3. The highest BCUT2D eigenvalue weighted by Crippen LogP contribution is 1.81. The number of thiol groups is 1. The topological polar surface area (TPSA) is 68.2 Å². The predicted molar refractivity (Wildman–Crippen MR) is 51.8 cm³/mol. The van der Waals surface area contributed by atoms with E-state index in [2.05, 4.69) is 17.1 Å². The lowest BCUT2D eigenvalue weighted by atomic mass is 10.7. The first-order valence-electron chi connectivity index (χ1n) is 3.89. The van der Waals surface area contributed by atoms with Crippen LogP contribution in [-0.4, -0.2) is 57.0 Å². The van der Waals surface area contributed by atoms with E-state index >= 15 is 0 Å². The van der Waals surface area contributed by atoms with Crippen LogP contribution in [0.1, 0.15) is 0 Å². The Labute approximate surface area is 84.2 Å². The van der Waals surface area contributed by atoms with Gasteiger partial charge >= 0.3 is 0 Å². The summed E-state index contributed by atoms with van der Waals surface area (Å²) in [4.78, 5) is 0. The molecule has 0 spiro atoms. The zero-order valence-electron chi connectivity index (χ0n) is 7.81. The molecule has 0 fully saturated rings. The molecule has 5 nitrogen and oxygen atoms in total. The zero-order chi connectivity index (χ0) is 10.4. The minimum absolute atomic E-state index is 0.0553. The molecule has 0 aromatic rings. The van der Waals surface area contributed by atoms with Crippen LogP contribution in [0.25, 0.3) is 0 Å². The van der Waals surface area contributed by atoms with Crippen LogP contribution in [0.5, 0.6) is 0 Å². The van der Waals surface area contributed by atoms with Crippen LogP contribution in [0.15, 0.2) is 0 Å². The predicted octanol–water partition coefficient (Wildman–Crippen LogP) is -0.518. The van der Waals surface area contributed by atoms with E-state index in [0.717, 1.165) is 7.11 Å². The van der Waals surface area contributed by atoms with Crippen molar-refractivity contribution in [2.75, 3.05) is 46.8 Å². The molecule has 0 unspecified atom stereocenters. The van der Waals surface area contributed by atoms with Gasteiger partial charge < -0.3 is 23.9 Å². The molecular weight excluding hydrogens is 196 g/mol. The third-order valence-electron chi connectivity index (χ3n) is 0.927. The summed E-state index contributed by atoms with van der Waals surface area (Å²) in [6.07, 6.45) is 0. The normalized spacial score (nSPS) is 9.23. The average Bonchev–Trinajstić information content (AvgIpc) is 2.20. The number of aliphatic hydroxyl groups is 2. The van der Waals surface area contributed by atoms with Crippen molar-refractivity contribution in [3.05, 3.63) is 0 Å². The van der Waals surface area contributed by atoms with Crippen molar-refractivity contribution in [2.24, 2.45) is 0 Å². The van der Waals surface area contributed by atoms with Gasteiger partial charge in [0.1, 0.15) is 0 Å². The van der Waals surface area contributed by atoms with Crippen LogP contribution in [0.4, 0.5) is 0 Å². The largest absolute Gasteiger partial charge is 0.400 e. The van der Waals surface area contributed by atoms with E-state index in [1.807, 2.05) is 0 Å². The van der Waals surface area contributed by atoms with Crippen molar-refractivity contribution in [2.45, 2.75) is 0 Å². The third kappa shape index (κ3) is 18.8. The Morgan fingerprint density at radius 3 is 1.85 bits per heavy atom. The Bertz CT molecular complexity index is 65.9. The molecule has 0 heterocycles. The summed E-state index contributed by atoms with van der Waals surface area (Å²) in [5, 5.41) is 15.3. The molecule has 13 heavy (non-hydrogen) atoms. The summed E-state index contributed by atoms with van der Waals surface area (Å²) >= 11 is 3.53. The van der Waals surface area contributed by atoms with E-state index in [9.17, 15) is 0 Å². The zero-order valence-corrected chi connectivity index (χ0v) is 8.70. The van der Waals surface area contributed by atoms with Crippen LogP contribution >= 0.6 is 12.9 Å². The molecule has 6 heteroatoms. The first-order chi connectivity index (χ1) is 6.41. The maximum absolute atomic E-state index is 8.31. The summed E-state index contributed by atoms with van der Waals surface area (Å²) in [5.41, 5.74) is 0. The quantitative estimate of drug-likeness (QED) is 0.288. The monoisotopic (exact) mass is 214 g/mol. The molecule has 0 saturated heterocycles. The lowest BCUT2D eigenvalue weighted by molar-refractivity contribution is 0.0266. The molecule has 0 aliphatic heterocycles. The minimum Gasteiger partial charge on any atom is -0.400 e. The summed E-state index contributed by atoms with van der Waals surface area (Å²) in [5.74, 6) is 0. The number of aliphatic hydroxyl groups excluding tert-OH is 2. The second-order valence-electron chi connectivity index (χ2n) is 1.78. The molecule has 0 aromatic heterocycles. The van der Waals surface area contributed by atoms with E-state index in [4.69, 9.17) is 19.7 Å². The Kier molecular flexibility index (Phi) is 21.7. The molecule has 0 saturated carbocycles. The highest BCUT2D eigenvalue weighted by molar-refractivity contribution is 7.75. The summed E-state index contributed by atoms with van der Waals surface area (Å²) in [6.45, 7) is 2.45. The van der Waals surface area contributed by atoms with E-state index in [1.165, 1.54) is 0 Å². The van der Waals surface area contributed by atoms with Crippen molar-refractivity contribution in [1.29, 1.82) is 0 Å². The second kappa shape index (κ2) is 18.0. The molecule has 0 aromatic carbocycles. The fourth-order valence-corrected chi connectivity index (χ4v) is 0.557. The Hall–Kier alpha value is 0.150. The molecule has 0 aliphatic rings. The molecular formula is C7H18O5S. The highest BCUT2D eigenvalue weighted by atomic mass is 32.1. The average molecular weight is 214 g/mol. The summed E-state index contributed by atoms with van der Waals surface area (Å²) in [6, 6.07) is 0. The van der Waals surface area contributed by atoms with Gasteiger partial charge in [0.15, 0.2) is 0 Å². The first-order valence-corrected chi connectivity index (χ1v) is 4.25. The van der Waals surface area contributed by atoms with E-state index in [1.54, 1.807) is 0 Å². The Balaban J connectivity index is 0. The molecule has 0 atom stereocenters. The van der Waals surface area contributed by atoms with Crippen LogP contribution in [-0.2, 0) is 13.7 Å². The van der Waals surface area contributed by atoms with Crippen LogP contribution in [0.3, 0.4) is 0 Å². The fraction of sp³-hybridized carbons (Fsp3) is 1.00. The van der Waals surface area contributed by atoms with Gasteiger partial charge in [-0.15, -0.1) is 0 Å². The van der Waals surface area contributed by atoms with Crippen LogP contribution in [0, 0.1) is 0 Å². The number of hydrogen-bond acceptors (Lipinski definition) is 6. The van der Waals surface area contributed by atoms with E-state index < -0.39 is 0 Å². The smallest absolute Gasteiger partial charge is 0.0844 e.